The maximum absolute atomic E-state index is 12.5. The number of aryl methyl sites for hydroxylation is 1. The molecule has 0 unspecified atom stereocenters. The van der Waals surface area contributed by atoms with Crippen LogP contribution in [0.5, 0.6) is 0 Å². The van der Waals surface area contributed by atoms with Gasteiger partial charge in [-0.2, -0.15) is 9.40 Å². The van der Waals surface area contributed by atoms with Crippen molar-refractivity contribution in [3.05, 3.63) is 74.9 Å². The summed E-state index contributed by atoms with van der Waals surface area (Å²) in [5.41, 5.74) is 8.14. The van der Waals surface area contributed by atoms with E-state index < -0.39 is 10.0 Å². The third-order valence-corrected chi connectivity index (χ3v) is 10.1. The molecule has 0 amide bonds. The quantitative estimate of drug-likeness (QED) is 0.431. The number of hydrogen-bond donors (Lipinski definition) is 1. The summed E-state index contributed by atoms with van der Waals surface area (Å²) >= 11 is 6.61. The first-order valence-electron chi connectivity index (χ1n) is 14.8. The molecule has 0 radical (unpaired) electrons. The Hall–Kier alpha value is -2.71. The molecule has 3 aliphatic heterocycles. The average molecular weight is 608 g/mol. The summed E-state index contributed by atoms with van der Waals surface area (Å²) in [4.78, 5) is 2.47. The van der Waals surface area contributed by atoms with Crippen molar-refractivity contribution < 1.29 is 13.2 Å². The molecule has 0 saturated carbocycles. The molecule has 1 N–H and O–H groups in total. The van der Waals surface area contributed by atoms with Crippen molar-refractivity contribution in [1.82, 2.24) is 24.3 Å². The number of nitrogens with one attached hydrogen (secondary N) is 1. The normalized spacial score (nSPS) is 19.5. The van der Waals surface area contributed by atoms with Gasteiger partial charge in [0, 0.05) is 79.7 Å². The molecule has 6 rings (SSSR count). The van der Waals surface area contributed by atoms with Crippen LogP contribution in [-0.4, -0.2) is 79.1 Å². The third kappa shape index (κ3) is 6.45. The van der Waals surface area contributed by atoms with Crippen molar-refractivity contribution in [2.45, 2.75) is 51.9 Å². The van der Waals surface area contributed by atoms with Crippen LogP contribution in [0.4, 0.5) is 0 Å². The van der Waals surface area contributed by atoms with Gasteiger partial charge < -0.3 is 10.1 Å². The van der Waals surface area contributed by atoms with Crippen molar-refractivity contribution in [2.75, 3.05) is 45.6 Å². The Kier molecular flexibility index (Phi) is 8.73. The molecule has 0 aliphatic carbocycles. The van der Waals surface area contributed by atoms with Gasteiger partial charge in [-0.05, 0) is 61.7 Å². The topological polar surface area (TPSA) is 79.7 Å². The fourth-order valence-corrected chi connectivity index (χ4v) is 7.10. The SMILES string of the molecule is C[C@H]1COCCN1CCCn1nc(-c2ccc(Cl)c(C#Cc3ccc4c(c3)CNCC4)c2)c2c1CCN(S(C)(=O)=O)C2. The van der Waals surface area contributed by atoms with Gasteiger partial charge in [0.25, 0.3) is 0 Å². The number of aromatic nitrogens is 2. The summed E-state index contributed by atoms with van der Waals surface area (Å²) in [5.74, 6) is 6.58. The first-order chi connectivity index (χ1) is 20.3. The van der Waals surface area contributed by atoms with E-state index >= 15 is 0 Å². The van der Waals surface area contributed by atoms with E-state index in [1.807, 2.05) is 18.2 Å². The fourth-order valence-electron chi connectivity index (χ4n) is 6.15. The van der Waals surface area contributed by atoms with E-state index in [4.69, 9.17) is 21.4 Å². The molecule has 222 valence electrons. The lowest BCUT2D eigenvalue weighted by atomic mass is 9.98. The maximum atomic E-state index is 12.5. The summed E-state index contributed by atoms with van der Waals surface area (Å²) in [5, 5.41) is 9.07. The number of ether oxygens (including phenoxy) is 1. The minimum absolute atomic E-state index is 0.316. The summed E-state index contributed by atoms with van der Waals surface area (Å²) < 4.78 is 34.2. The Bertz CT molecular complexity index is 1640. The van der Waals surface area contributed by atoms with Crippen LogP contribution >= 0.6 is 11.6 Å². The predicted molar refractivity (Wildman–Crippen MR) is 166 cm³/mol. The minimum atomic E-state index is -3.33. The standard InChI is InChI=1S/C32H38ClN5O3S/c1-23-22-41-17-16-36(23)13-3-14-38-31-11-15-37(42(2,39)40)21-29(31)32(35-38)27-8-9-30(33)26(19-27)7-5-24-4-6-25-10-12-34-20-28(25)18-24/h4,6,8-9,18-19,23,34H,3,10-17,20-22H2,1-2H3/t23-/m0/s1. The molecule has 3 aromatic rings. The zero-order valence-electron chi connectivity index (χ0n) is 24.3. The van der Waals surface area contributed by atoms with E-state index in [-0.39, 0.29) is 0 Å². The van der Waals surface area contributed by atoms with Crippen LogP contribution in [0.1, 0.15) is 46.9 Å². The van der Waals surface area contributed by atoms with Gasteiger partial charge in [-0.15, -0.1) is 0 Å². The van der Waals surface area contributed by atoms with E-state index in [9.17, 15) is 8.42 Å². The summed E-state index contributed by atoms with van der Waals surface area (Å²) in [6.45, 7) is 9.11. The molecule has 2 aromatic carbocycles. The number of morpholine rings is 1. The Morgan fingerprint density at radius 2 is 1.98 bits per heavy atom. The Balaban J connectivity index is 1.29. The monoisotopic (exact) mass is 607 g/mol. The molecule has 10 heteroatoms. The Morgan fingerprint density at radius 3 is 2.81 bits per heavy atom. The van der Waals surface area contributed by atoms with Gasteiger partial charge in [-0.3, -0.25) is 9.58 Å². The molecule has 1 fully saturated rings. The molecule has 42 heavy (non-hydrogen) atoms. The number of fused-ring (bicyclic) bond motifs is 2. The lowest BCUT2D eigenvalue weighted by Crippen LogP contribution is -2.44. The molecule has 4 heterocycles. The number of hydrogen-bond acceptors (Lipinski definition) is 6. The molecule has 8 nitrogen and oxygen atoms in total. The van der Waals surface area contributed by atoms with Gasteiger partial charge in [-0.1, -0.05) is 35.6 Å². The highest BCUT2D eigenvalue weighted by Gasteiger charge is 2.30. The van der Waals surface area contributed by atoms with Crippen LogP contribution in [0, 0.1) is 11.8 Å². The van der Waals surface area contributed by atoms with E-state index in [0.29, 0.717) is 30.6 Å². The predicted octanol–water partition coefficient (Wildman–Crippen LogP) is 3.68. The molecule has 3 aliphatic rings. The second kappa shape index (κ2) is 12.5. The number of benzene rings is 2. The molecule has 1 saturated heterocycles. The highest BCUT2D eigenvalue weighted by molar-refractivity contribution is 7.88. The highest BCUT2D eigenvalue weighted by Crippen LogP contribution is 2.33. The van der Waals surface area contributed by atoms with Crippen molar-refractivity contribution in [2.24, 2.45) is 0 Å². The fraction of sp³-hybridized carbons (Fsp3) is 0.469. The lowest BCUT2D eigenvalue weighted by Gasteiger charge is -2.33. The summed E-state index contributed by atoms with van der Waals surface area (Å²) in [6.07, 6.45) is 3.91. The molecular formula is C32H38ClN5O3S. The Labute approximate surface area is 254 Å². The van der Waals surface area contributed by atoms with Gasteiger partial charge in [-0.25, -0.2) is 8.42 Å². The van der Waals surface area contributed by atoms with Crippen molar-refractivity contribution in [3.8, 4) is 23.1 Å². The van der Waals surface area contributed by atoms with Crippen LogP contribution in [0.2, 0.25) is 5.02 Å². The largest absolute Gasteiger partial charge is 0.379 e. The summed E-state index contributed by atoms with van der Waals surface area (Å²) in [7, 11) is -3.33. The molecule has 1 atom stereocenters. The van der Waals surface area contributed by atoms with Crippen LogP contribution in [-0.2, 0) is 47.2 Å². The first kappa shape index (κ1) is 29.4. The van der Waals surface area contributed by atoms with Gasteiger partial charge in [0.05, 0.1) is 30.2 Å². The van der Waals surface area contributed by atoms with Crippen molar-refractivity contribution >= 4 is 21.6 Å². The number of halogens is 1. The molecule has 0 bridgehead atoms. The number of sulfonamides is 1. The van der Waals surface area contributed by atoms with Crippen LogP contribution in [0.15, 0.2) is 36.4 Å². The van der Waals surface area contributed by atoms with E-state index in [0.717, 1.165) is 92.4 Å². The Morgan fingerprint density at radius 1 is 1.10 bits per heavy atom. The van der Waals surface area contributed by atoms with Crippen LogP contribution < -0.4 is 5.32 Å². The minimum Gasteiger partial charge on any atom is -0.379 e. The van der Waals surface area contributed by atoms with E-state index in [1.165, 1.54) is 17.4 Å². The van der Waals surface area contributed by atoms with Gasteiger partial charge in [0.2, 0.25) is 10.0 Å². The van der Waals surface area contributed by atoms with Gasteiger partial charge in [0.15, 0.2) is 0 Å². The maximum Gasteiger partial charge on any atom is 0.211 e. The molecular weight excluding hydrogens is 570 g/mol. The average Bonchev–Trinajstić information content (AvgIpc) is 3.35. The number of rotatable bonds is 6. The lowest BCUT2D eigenvalue weighted by molar-refractivity contribution is -0.00122. The highest BCUT2D eigenvalue weighted by atomic mass is 35.5. The molecule has 1 aromatic heterocycles. The second-order valence-corrected chi connectivity index (χ2v) is 13.9. The molecule has 0 spiro atoms. The van der Waals surface area contributed by atoms with E-state index in [2.05, 4.69) is 51.9 Å². The second-order valence-electron chi connectivity index (χ2n) is 11.5. The van der Waals surface area contributed by atoms with Gasteiger partial charge >= 0.3 is 0 Å². The first-order valence-corrected chi connectivity index (χ1v) is 17.0. The number of nitrogens with zero attached hydrogens (tertiary/aromatic N) is 4. The van der Waals surface area contributed by atoms with Crippen LogP contribution in [0.3, 0.4) is 0 Å². The van der Waals surface area contributed by atoms with Crippen molar-refractivity contribution in [3.63, 3.8) is 0 Å². The zero-order chi connectivity index (χ0) is 29.3. The zero-order valence-corrected chi connectivity index (χ0v) is 25.9. The van der Waals surface area contributed by atoms with Crippen LogP contribution in [0.25, 0.3) is 11.3 Å². The summed E-state index contributed by atoms with van der Waals surface area (Å²) in [6, 6.07) is 12.6. The smallest absolute Gasteiger partial charge is 0.211 e. The van der Waals surface area contributed by atoms with E-state index in [1.54, 1.807) is 4.31 Å². The van der Waals surface area contributed by atoms with Gasteiger partial charge in [0.1, 0.15) is 0 Å². The van der Waals surface area contributed by atoms with Crippen molar-refractivity contribution in [1.29, 1.82) is 0 Å². The third-order valence-electron chi connectivity index (χ3n) is 8.56.